The summed E-state index contributed by atoms with van der Waals surface area (Å²) in [6.07, 6.45) is 3.70. The first-order chi connectivity index (χ1) is 12.8. The molecule has 0 unspecified atom stereocenters. The molecule has 0 aromatic heterocycles. The van der Waals surface area contributed by atoms with E-state index >= 15 is 0 Å². The van der Waals surface area contributed by atoms with E-state index in [-0.39, 0.29) is 0 Å². The molecular formula is C21H37N5. The molecule has 1 aromatic rings. The molecule has 0 radical (unpaired) electrons. The first-order valence-electron chi connectivity index (χ1n) is 10.2. The first-order valence-corrected chi connectivity index (χ1v) is 10.2. The SMILES string of the molecule is CCCCCNC(=NC)NCc1ccccc1CN1CCN(CC)CC1. The maximum atomic E-state index is 4.34. The highest BCUT2D eigenvalue weighted by atomic mass is 15.3. The van der Waals surface area contributed by atoms with E-state index in [1.165, 1.54) is 50.0 Å². The summed E-state index contributed by atoms with van der Waals surface area (Å²) >= 11 is 0. The predicted molar refractivity (Wildman–Crippen MR) is 112 cm³/mol. The minimum atomic E-state index is 0.818. The van der Waals surface area contributed by atoms with Crippen LogP contribution in [0.25, 0.3) is 0 Å². The Balaban J connectivity index is 1.84. The smallest absolute Gasteiger partial charge is 0.191 e. The van der Waals surface area contributed by atoms with Gasteiger partial charge in [0.25, 0.3) is 0 Å². The topological polar surface area (TPSA) is 42.9 Å². The van der Waals surface area contributed by atoms with Crippen LogP contribution in [-0.4, -0.2) is 62.1 Å². The average Bonchev–Trinajstić information content (AvgIpc) is 2.69. The molecule has 0 spiro atoms. The van der Waals surface area contributed by atoms with Crippen LogP contribution in [0.15, 0.2) is 29.3 Å². The van der Waals surface area contributed by atoms with Crippen molar-refractivity contribution in [1.82, 2.24) is 20.4 Å². The second kappa shape index (κ2) is 11.9. The molecule has 5 heteroatoms. The lowest BCUT2D eigenvalue weighted by Gasteiger charge is -2.34. The van der Waals surface area contributed by atoms with Crippen LogP contribution in [0.5, 0.6) is 0 Å². The van der Waals surface area contributed by atoms with Crippen LogP contribution in [0.4, 0.5) is 0 Å². The molecule has 0 aliphatic carbocycles. The van der Waals surface area contributed by atoms with Crippen LogP contribution in [0.1, 0.15) is 44.2 Å². The van der Waals surface area contributed by atoms with Crippen LogP contribution in [0, 0.1) is 0 Å². The third kappa shape index (κ3) is 6.96. The molecule has 2 N–H and O–H groups in total. The Morgan fingerprint density at radius 2 is 1.65 bits per heavy atom. The van der Waals surface area contributed by atoms with Crippen LogP contribution in [0.2, 0.25) is 0 Å². The van der Waals surface area contributed by atoms with E-state index in [9.17, 15) is 0 Å². The highest BCUT2D eigenvalue weighted by Crippen LogP contribution is 2.13. The molecular weight excluding hydrogens is 322 g/mol. The largest absolute Gasteiger partial charge is 0.356 e. The van der Waals surface area contributed by atoms with Gasteiger partial charge in [0.15, 0.2) is 5.96 Å². The minimum absolute atomic E-state index is 0.818. The Morgan fingerprint density at radius 1 is 0.962 bits per heavy atom. The number of hydrogen-bond acceptors (Lipinski definition) is 3. The fourth-order valence-corrected chi connectivity index (χ4v) is 3.37. The molecule has 0 bridgehead atoms. The first kappa shape index (κ1) is 20.7. The predicted octanol–water partition coefficient (Wildman–Crippen LogP) is 2.68. The molecule has 26 heavy (non-hydrogen) atoms. The van der Waals surface area contributed by atoms with E-state index in [1.54, 1.807) is 0 Å². The molecule has 2 rings (SSSR count). The summed E-state index contributed by atoms with van der Waals surface area (Å²) in [5, 5.41) is 6.88. The fraction of sp³-hybridized carbons (Fsp3) is 0.667. The summed E-state index contributed by atoms with van der Waals surface area (Å²) in [6.45, 7) is 13.2. The molecule has 1 fully saturated rings. The fourth-order valence-electron chi connectivity index (χ4n) is 3.37. The lowest BCUT2D eigenvalue weighted by atomic mass is 10.1. The molecule has 1 aromatic carbocycles. The summed E-state index contributed by atoms with van der Waals surface area (Å²) in [5.41, 5.74) is 2.79. The summed E-state index contributed by atoms with van der Waals surface area (Å²) in [7, 11) is 1.84. The van der Waals surface area contributed by atoms with Gasteiger partial charge in [-0.25, -0.2) is 0 Å². The number of piperazine rings is 1. The maximum absolute atomic E-state index is 4.34. The van der Waals surface area contributed by atoms with Crippen molar-refractivity contribution >= 4 is 5.96 Å². The third-order valence-electron chi connectivity index (χ3n) is 5.17. The van der Waals surface area contributed by atoms with Gasteiger partial charge in [-0.05, 0) is 24.1 Å². The lowest BCUT2D eigenvalue weighted by Crippen LogP contribution is -2.45. The third-order valence-corrected chi connectivity index (χ3v) is 5.17. The summed E-state index contributed by atoms with van der Waals surface area (Å²) in [5.74, 6) is 0.896. The molecule has 1 aliphatic heterocycles. The van der Waals surface area contributed by atoms with Crippen molar-refractivity contribution in [3.05, 3.63) is 35.4 Å². The number of nitrogens with one attached hydrogen (secondary N) is 2. The number of aliphatic imine (C=N–C) groups is 1. The maximum Gasteiger partial charge on any atom is 0.191 e. The molecule has 0 amide bonds. The van der Waals surface area contributed by atoms with E-state index < -0.39 is 0 Å². The molecule has 5 nitrogen and oxygen atoms in total. The monoisotopic (exact) mass is 359 g/mol. The second-order valence-corrected chi connectivity index (χ2v) is 7.04. The normalized spacial score (nSPS) is 16.7. The summed E-state index contributed by atoms with van der Waals surface area (Å²) in [4.78, 5) is 9.44. The Labute approximate surface area is 159 Å². The highest BCUT2D eigenvalue weighted by Gasteiger charge is 2.16. The van der Waals surface area contributed by atoms with E-state index in [0.717, 1.165) is 38.7 Å². The quantitative estimate of drug-likeness (QED) is 0.404. The Morgan fingerprint density at radius 3 is 2.31 bits per heavy atom. The highest BCUT2D eigenvalue weighted by molar-refractivity contribution is 5.79. The van der Waals surface area contributed by atoms with Gasteiger partial charge in [0, 0.05) is 52.9 Å². The van der Waals surface area contributed by atoms with Crippen molar-refractivity contribution in [3.63, 3.8) is 0 Å². The van der Waals surface area contributed by atoms with Crippen molar-refractivity contribution in [1.29, 1.82) is 0 Å². The number of nitrogens with zero attached hydrogens (tertiary/aromatic N) is 3. The van der Waals surface area contributed by atoms with E-state index in [0.29, 0.717) is 0 Å². The van der Waals surface area contributed by atoms with Crippen molar-refractivity contribution in [2.75, 3.05) is 46.3 Å². The zero-order chi connectivity index (χ0) is 18.6. The summed E-state index contributed by atoms with van der Waals surface area (Å²) < 4.78 is 0. The number of benzene rings is 1. The van der Waals surface area contributed by atoms with Gasteiger partial charge in [-0.1, -0.05) is 51.0 Å². The van der Waals surface area contributed by atoms with Gasteiger partial charge in [-0.2, -0.15) is 0 Å². The minimum Gasteiger partial charge on any atom is -0.356 e. The number of likely N-dealkylation sites (N-methyl/N-ethyl adjacent to an activating group) is 1. The molecule has 1 heterocycles. The number of unbranched alkanes of at least 4 members (excludes halogenated alkanes) is 2. The zero-order valence-corrected chi connectivity index (χ0v) is 16.9. The molecule has 1 aliphatic rings. The molecule has 1 saturated heterocycles. The molecule has 0 atom stereocenters. The Kier molecular flexibility index (Phi) is 9.50. The van der Waals surface area contributed by atoms with E-state index in [4.69, 9.17) is 0 Å². The van der Waals surface area contributed by atoms with Gasteiger partial charge in [-0.15, -0.1) is 0 Å². The van der Waals surface area contributed by atoms with Gasteiger partial charge in [0.2, 0.25) is 0 Å². The molecule has 146 valence electrons. The average molecular weight is 360 g/mol. The van der Waals surface area contributed by atoms with Gasteiger partial charge < -0.3 is 15.5 Å². The molecule has 0 saturated carbocycles. The van der Waals surface area contributed by atoms with E-state index in [1.807, 2.05) is 7.05 Å². The number of guanidine groups is 1. The number of hydrogen-bond donors (Lipinski definition) is 2. The second-order valence-electron chi connectivity index (χ2n) is 7.04. The van der Waals surface area contributed by atoms with Crippen molar-refractivity contribution < 1.29 is 0 Å². The van der Waals surface area contributed by atoms with E-state index in [2.05, 4.69) is 63.5 Å². The Hall–Kier alpha value is -1.59. The van der Waals surface area contributed by atoms with Crippen molar-refractivity contribution in [3.8, 4) is 0 Å². The van der Waals surface area contributed by atoms with Gasteiger partial charge in [0.05, 0.1) is 0 Å². The Bertz CT molecular complexity index is 535. The van der Waals surface area contributed by atoms with Crippen LogP contribution >= 0.6 is 0 Å². The van der Waals surface area contributed by atoms with Crippen LogP contribution in [-0.2, 0) is 13.1 Å². The van der Waals surface area contributed by atoms with Crippen LogP contribution in [0.3, 0.4) is 0 Å². The van der Waals surface area contributed by atoms with Gasteiger partial charge in [0.1, 0.15) is 0 Å². The van der Waals surface area contributed by atoms with Crippen LogP contribution < -0.4 is 10.6 Å². The zero-order valence-electron chi connectivity index (χ0n) is 16.9. The van der Waals surface area contributed by atoms with Crippen molar-refractivity contribution in [2.24, 2.45) is 4.99 Å². The van der Waals surface area contributed by atoms with Crippen molar-refractivity contribution in [2.45, 2.75) is 46.2 Å². The lowest BCUT2D eigenvalue weighted by molar-refractivity contribution is 0.131. The summed E-state index contributed by atoms with van der Waals surface area (Å²) in [6, 6.07) is 8.78. The van der Waals surface area contributed by atoms with Gasteiger partial charge in [-0.3, -0.25) is 9.89 Å². The van der Waals surface area contributed by atoms with Gasteiger partial charge >= 0.3 is 0 Å². The number of rotatable bonds is 9. The standard InChI is InChI=1S/C21H37N5/c1-4-6-9-12-23-21(22-3)24-17-19-10-7-8-11-20(19)18-26-15-13-25(5-2)14-16-26/h7-8,10-11H,4-6,9,12-18H2,1-3H3,(H2,22,23,24).